The first-order valence-electron chi connectivity index (χ1n) is 8.35. The zero-order valence-corrected chi connectivity index (χ0v) is 17.2. The van der Waals surface area contributed by atoms with Crippen molar-refractivity contribution in [3.63, 3.8) is 0 Å². The summed E-state index contributed by atoms with van der Waals surface area (Å²) in [5.41, 5.74) is 0.567. The van der Waals surface area contributed by atoms with E-state index in [1.54, 1.807) is 13.2 Å². The van der Waals surface area contributed by atoms with Crippen molar-refractivity contribution in [2.45, 2.75) is 18.9 Å². The quantitative estimate of drug-likeness (QED) is 0.553. The van der Waals surface area contributed by atoms with Crippen molar-refractivity contribution >= 4 is 50.8 Å². The Labute approximate surface area is 172 Å². The zero-order chi connectivity index (χ0) is 20.3. The first-order valence-corrected chi connectivity index (χ1v) is 10.5. The van der Waals surface area contributed by atoms with Crippen LogP contribution in [0, 0.1) is 0 Å². The van der Waals surface area contributed by atoms with Gasteiger partial charge in [0.25, 0.3) is 0 Å². The molecule has 0 unspecified atom stereocenters. The Bertz CT molecular complexity index is 953. The standard InChI is InChI=1S/C16H19Cl2N5O4S/c1-22-10-15(9-19-22)23(14-2-4-27-5-3-14)28(25,26)21-16(24)20-13-7-11(17)6-12(18)8-13/h6-10,14H,2-5H2,1H3,(H2,20,21,24)/p-1. The summed E-state index contributed by atoms with van der Waals surface area (Å²) < 4.78 is 37.2. The maximum absolute atomic E-state index is 12.9. The van der Waals surface area contributed by atoms with E-state index in [9.17, 15) is 13.5 Å². The highest BCUT2D eigenvalue weighted by Gasteiger charge is 2.32. The normalized spacial score (nSPS) is 16.2. The van der Waals surface area contributed by atoms with Crippen LogP contribution in [0.5, 0.6) is 0 Å². The van der Waals surface area contributed by atoms with Crippen LogP contribution in [0.25, 0.3) is 0 Å². The summed E-state index contributed by atoms with van der Waals surface area (Å²) >= 11 is 11.8. The maximum atomic E-state index is 12.9. The van der Waals surface area contributed by atoms with Crippen LogP contribution < -0.4 is 14.7 Å². The first kappa shape index (κ1) is 20.7. The summed E-state index contributed by atoms with van der Waals surface area (Å²) in [6, 6.07) is 2.91. The Morgan fingerprint density at radius 3 is 2.54 bits per heavy atom. The minimum atomic E-state index is -4.33. The third kappa shape index (κ3) is 5.07. The van der Waals surface area contributed by atoms with Crippen molar-refractivity contribution in [2.75, 3.05) is 22.8 Å². The number of rotatable bonds is 5. The van der Waals surface area contributed by atoms with Gasteiger partial charge in [-0.1, -0.05) is 23.2 Å². The van der Waals surface area contributed by atoms with E-state index in [-0.39, 0.29) is 11.7 Å². The summed E-state index contributed by atoms with van der Waals surface area (Å²) in [4.78, 5) is 0. The molecule has 0 amide bonds. The number of halogens is 2. The Morgan fingerprint density at radius 2 is 1.96 bits per heavy atom. The van der Waals surface area contributed by atoms with Crippen LogP contribution in [0.3, 0.4) is 0 Å². The van der Waals surface area contributed by atoms with Gasteiger partial charge in [0, 0.05) is 42.2 Å². The second-order valence-corrected chi connectivity index (χ2v) is 8.51. The van der Waals surface area contributed by atoms with Crippen LogP contribution in [0.1, 0.15) is 12.8 Å². The fourth-order valence-corrected chi connectivity index (χ4v) is 4.71. The Balaban J connectivity index is 1.90. The third-order valence-electron chi connectivity index (χ3n) is 4.03. The molecule has 0 radical (unpaired) electrons. The van der Waals surface area contributed by atoms with E-state index in [1.807, 2.05) is 0 Å². The van der Waals surface area contributed by atoms with Gasteiger partial charge in [0.2, 0.25) is 0 Å². The van der Waals surface area contributed by atoms with E-state index in [2.05, 4.69) is 14.8 Å². The molecule has 1 aliphatic rings. The number of benzene rings is 1. The largest absolute Gasteiger partial charge is 0.845 e. The van der Waals surface area contributed by atoms with Crippen LogP contribution in [-0.2, 0) is 22.0 Å². The summed E-state index contributed by atoms with van der Waals surface area (Å²) in [5, 5.41) is 19.2. The highest BCUT2D eigenvalue weighted by atomic mass is 35.5. The van der Waals surface area contributed by atoms with Crippen molar-refractivity contribution < 1.29 is 18.3 Å². The molecule has 1 fully saturated rings. The lowest BCUT2D eigenvalue weighted by atomic mass is 10.1. The Morgan fingerprint density at radius 1 is 1.32 bits per heavy atom. The van der Waals surface area contributed by atoms with Crippen molar-refractivity contribution in [1.29, 1.82) is 0 Å². The Kier molecular flexibility index (Phi) is 6.33. The molecule has 1 aliphatic heterocycles. The van der Waals surface area contributed by atoms with Gasteiger partial charge in [0.05, 0.1) is 23.9 Å². The van der Waals surface area contributed by atoms with E-state index in [0.29, 0.717) is 41.8 Å². The molecule has 0 aliphatic carbocycles. The number of amidine groups is 1. The van der Waals surface area contributed by atoms with Crippen LogP contribution >= 0.6 is 23.2 Å². The van der Waals surface area contributed by atoms with E-state index in [1.165, 1.54) is 29.1 Å². The molecule has 1 N–H and O–H groups in total. The number of ether oxygens (including phenoxy) is 1. The molecule has 0 spiro atoms. The fourth-order valence-electron chi connectivity index (χ4n) is 2.90. The lowest BCUT2D eigenvalue weighted by Crippen LogP contribution is -2.44. The van der Waals surface area contributed by atoms with E-state index < -0.39 is 16.2 Å². The molecule has 0 bridgehead atoms. The maximum Gasteiger partial charge on any atom is 0.345 e. The van der Waals surface area contributed by atoms with E-state index in [4.69, 9.17) is 27.9 Å². The lowest BCUT2D eigenvalue weighted by molar-refractivity contribution is -0.213. The van der Waals surface area contributed by atoms with Crippen molar-refractivity contribution in [1.82, 2.24) is 9.78 Å². The Hall–Kier alpha value is -2.01. The van der Waals surface area contributed by atoms with Crippen molar-refractivity contribution in [3.8, 4) is 0 Å². The minimum absolute atomic E-state index is 0.237. The molecule has 152 valence electrons. The predicted octanol–water partition coefficient (Wildman–Crippen LogP) is 1.79. The van der Waals surface area contributed by atoms with Crippen LogP contribution in [0.15, 0.2) is 35.0 Å². The van der Waals surface area contributed by atoms with Gasteiger partial charge >= 0.3 is 10.2 Å². The second-order valence-electron chi connectivity index (χ2n) is 6.17. The third-order valence-corrected chi connectivity index (χ3v) is 5.87. The van der Waals surface area contributed by atoms with Crippen molar-refractivity contribution in [2.24, 2.45) is 11.4 Å². The molecule has 0 saturated carbocycles. The zero-order valence-electron chi connectivity index (χ0n) is 14.9. The van der Waals surface area contributed by atoms with Gasteiger partial charge in [0.15, 0.2) is 0 Å². The van der Waals surface area contributed by atoms with Crippen LogP contribution in [-0.4, -0.2) is 43.5 Å². The first-order chi connectivity index (χ1) is 13.2. The number of nitrogens with one attached hydrogen (secondary N) is 1. The van der Waals surface area contributed by atoms with Gasteiger partial charge in [-0.2, -0.15) is 13.5 Å². The van der Waals surface area contributed by atoms with E-state index >= 15 is 0 Å². The van der Waals surface area contributed by atoms with Crippen LogP contribution in [0.2, 0.25) is 10.0 Å². The molecule has 0 atom stereocenters. The average Bonchev–Trinajstić information content (AvgIpc) is 2.99. The smallest absolute Gasteiger partial charge is 0.345 e. The molecule has 9 nitrogen and oxygen atoms in total. The number of hydrogen-bond acceptors (Lipinski definition) is 5. The summed E-state index contributed by atoms with van der Waals surface area (Å²) in [7, 11) is -2.66. The van der Waals surface area contributed by atoms with Gasteiger partial charge in [-0.05, 0) is 31.0 Å². The highest BCUT2D eigenvalue weighted by molar-refractivity contribution is 7.91. The number of anilines is 2. The molecule has 1 aromatic heterocycles. The lowest BCUT2D eigenvalue weighted by Gasteiger charge is -2.32. The van der Waals surface area contributed by atoms with Gasteiger partial charge < -0.3 is 15.2 Å². The molecular weight excluding hydrogens is 429 g/mol. The minimum Gasteiger partial charge on any atom is -0.845 e. The summed E-state index contributed by atoms with van der Waals surface area (Å²) in [6.07, 6.45) is 3.93. The average molecular weight is 447 g/mol. The number of nitrogens with zero attached hydrogens (tertiary/aromatic N) is 4. The molecule has 2 aromatic rings. The number of aryl methyl sites for hydroxylation is 1. The molecule has 1 aromatic carbocycles. The van der Waals surface area contributed by atoms with E-state index in [0.717, 1.165) is 4.31 Å². The second kappa shape index (κ2) is 8.56. The fraction of sp³-hybridized carbons (Fsp3) is 0.375. The topological polar surface area (TPSA) is 112 Å². The van der Waals surface area contributed by atoms with Gasteiger partial charge in [-0.3, -0.25) is 4.68 Å². The molecule has 2 heterocycles. The van der Waals surface area contributed by atoms with Gasteiger partial charge in [-0.25, -0.2) is 4.31 Å². The van der Waals surface area contributed by atoms with Gasteiger partial charge in [-0.15, -0.1) is 4.40 Å². The molecule has 12 heteroatoms. The summed E-state index contributed by atoms with van der Waals surface area (Å²) in [6.45, 7) is 0.842. The predicted molar refractivity (Wildman–Crippen MR) is 106 cm³/mol. The van der Waals surface area contributed by atoms with Crippen LogP contribution in [0.4, 0.5) is 11.4 Å². The monoisotopic (exact) mass is 446 g/mol. The number of hydrogen-bond donors (Lipinski definition) is 1. The summed E-state index contributed by atoms with van der Waals surface area (Å²) in [5.74, 6) is 0. The van der Waals surface area contributed by atoms with Crippen molar-refractivity contribution in [3.05, 3.63) is 40.6 Å². The molecule has 1 saturated heterocycles. The molecule has 3 rings (SSSR count). The molecular formula is C16H18Cl2N5O4S-. The highest BCUT2D eigenvalue weighted by Crippen LogP contribution is 2.27. The SMILES string of the molecule is Cn1cc(N(C2CCOCC2)S(=O)(=O)/N=C(\[O-])Nc2cc(Cl)cc(Cl)c2)cn1. The number of aromatic nitrogens is 2. The molecule has 28 heavy (non-hydrogen) atoms. The van der Waals surface area contributed by atoms with Gasteiger partial charge in [0.1, 0.15) is 0 Å².